The average Bonchev–Trinajstić information content (AvgIpc) is 3.03. The minimum Gasteiger partial charge on any atom is -0.504 e. The van der Waals surface area contributed by atoms with Crippen molar-refractivity contribution >= 4 is 5.69 Å². The van der Waals surface area contributed by atoms with Crippen LogP contribution in [0.3, 0.4) is 0 Å². The van der Waals surface area contributed by atoms with Crippen molar-refractivity contribution in [3.63, 3.8) is 0 Å². The average molecular weight is 282 g/mol. The number of nitrogens with one attached hydrogen (secondary N) is 1. The molecule has 0 bridgehead atoms. The van der Waals surface area contributed by atoms with Crippen LogP contribution in [0.5, 0.6) is 11.5 Å². The molecule has 0 saturated carbocycles. The first-order valence-corrected chi connectivity index (χ1v) is 6.43. The van der Waals surface area contributed by atoms with Gasteiger partial charge in [0.15, 0.2) is 11.5 Å². The summed E-state index contributed by atoms with van der Waals surface area (Å²) in [4.78, 5) is 3.93. The van der Waals surface area contributed by atoms with Gasteiger partial charge < -0.3 is 15.5 Å². The molecule has 0 fully saturated rings. The van der Waals surface area contributed by atoms with E-state index in [1.54, 1.807) is 23.1 Å². The van der Waals surface area contributed by atoms with Crippen LogP contribution in [0.25, 0.3) is 5.69 Å². The molecule has 2 aromatic carbocycles. The maximum atomic E-state index is 9.81. The summed E-state index contributed by atoms with van der Waals surface area (Å²) in [5, 5.41) is 26.6. The number of anilines is 1. The van der Waals surface area contributed by atoms with E-state index in [1.165, 1.54) is 12.4 Å². The van der Waals surface area contributed by atoms with E-state index in [-0.39, 0.29) is 11.5 Å². The Bertz CT molecular complexity index is 741. The van der Waals surface area contributed by atoms with Gasteiger partial charge in [-0.25, -0.2) is 9.67 Å². The van der Waals surface area contributed by atoms with Gasteiger partial charge in [0.25, 0.3) is 0 Å². The lowest BCUT2D eigenvalue weighted by molar-refractivity contribution is 0.400. The molecule has 0 spiro atoms. The molecule has 3 aromatic rings. The fraction of sp³-hybridized carbons (Fsp3) is 0.0667. The second-order valence-electron chi connectivity index (χ2n) is 4.50. The third-order valence-electron chi connectivity index (χ3n) is 3.14. The molecule has 3 rings (SSSR count). The van der Waals surface area contributed by atoms with Gasteiger partial charge in [-0.15, -0.1) is 0 Å². The molecule has 3 N–H and O–H groups in total. The Morgan fingerprint density at radius 3 is 2.71 bits per heavy atom. The highest BCUT2D eigenvalue weighted by Gasteiger charge is 2.08. The standard InChI is InChI=1S/C15H14N4O2/c20-14-7-3-4-11(15(14)21)8-17-12-5-1-2-6-13(12)19-10-16-9-18-19/h1-7,9-10,17,20-21H,8H2. The highest BCUT2D eigenvalue weighted by Crippen LogP contribution is 2.29. The van der Waals surface area contributed by atoms with E-state index in [0.717, 1.165) is 11.4 Å². The van der Waals surface area contributed by atoms with Crippen LogP contribution in [0.4, 0.5) is 5.69 Å². The first kappa shape index (κ1) is 13.0. The molecule has 21 heavy (non-hydrogen) atoms. The lowest BCUT2D eigenvalue weighted by Crippen LogP contribution is -2.05. The largest absolute Gasteiger partial charge is 0.504 e. The Morgan fingerprint density at radius 1 is 1.05 bits per heavy atom. The van der Waals surface area contributed by atoms with Crippen molar-refractivity contribution in [2.75, 3.05) is 5.32 Å². The summed E-state index contributed by atoms with van der Waals surface area (Å²) in [7, 11) is 0. The molecular weight excluding hydrogens is 268 g/mol. The Hall–Kier alpha value is -3.02. The smallest absolute Gasteiger partial charge is 0.162 e. The first-order valence-electron chi connectivity index (χ1n) is 6.43. The highest BCUT2D eigenvalue weighted by molar-refractivity contribution is 5.61. The zero-order valence-electron chi connectivity index (χ0n) is 11.1. The van der Waals surface area contributed by atoms with Crippen molar-refractivity contribution in [2.45, 2.75) is 6.54 Å². The number of phenols is 2. The molecule has 6 nitrogen and oxygen atoms in total. The van der Waals surface area contributed by atoms with Gasteiger partial charge in [0, 0.05) is 12.1 Å². The Balaban J connectivity index is 1.85. The molecule has 0 unspecified atom stereocenters. The summed E-state index contributed by atoms with van der Waals surface area (Å²) in [5.41, 5.74) is 2.32. The van der Waals surface area contributed by atoms with Gasteiger partial charge in [0.2, 0.25) is 0 Å². The molecule has 0 amide bonds. The normalized spacial score (nSPS) is 10.5. The van der Waals surface area contributed by atoms with E-state index in [9.17, 15) is 10.2 Å². The third-order valence-corrected chi connectivity index (χ3v) is 3.14. The quantitative estimate of drug-likeness (QED) is 0.639. The molecule has 0 saturated heterocycles. The number of para-hydroxylation sites is 3. The molecule has 1 heterocycles. The fourth-order valence-corrected chi connectivity index (χ4v) is 2.07. The number of phenolic OH excluding ortho intramolecular Hbond substituents is 2. The maximum absolute atomic E-state index is 9.81. The monoisotopic (exact) mass is 282 g/mol. The summed E-state index contributed by atoms with van der Waals surface area (Å²) in [5.74, 6) is -0.234. The van der Waals surface area contributed by atoms with Gasteiger partial charge in [-0.1, -0.05) is 24.3 Å². The summed E-state index contributed by atoms with van der Waals surface area (Å²) in [6.45, 7) is 0.381. The summed E-state index contributed by atoms with van der Waals surface area (Å²) in [6, 6.07) is 12.5. The molecular formula is C15H14N4O2. The van der Waals surface area contributed by atoms with Gasteiger partial charge in [0.05, 0.1) is 11.4 Å². The van der Waals surface area contributed by atoms with Gasteiger partial charge in [-0.3, -0.25) is 0 Å². The zero-order valence-corrected chi connectivity index (χ0v) is 11.1. The second kappa shape index (κ2) is 5.54. The van der Waals surface area contributed by atoms with Crippen molar-refractivity contribution in [1.29, 1.82) is 0 Å². The predicted octanol–water partition coefficient (Wildman–Crippen LogP) is 2.29. The van der Waals surface area contributed by atoms with Crippen molar-refractivity contribution in [2.24, 2.45) is 0 Å². The molecule has 0 aliphatic carbocycles. The van der Waals surface area contributed by atoms with Crippen molar-refractivity contribution < 1.29 is 10.2 Å². The number of hydrogen-bond acceptors (Lipinski definition) is 5. The van der Waals surface area contributed by atoms with Crippen molar-refractivity contribution in [3.05, 3.63) is 60.7 Å². The number of nitrogens with zero attached hydrogens (tertiary/aromatic N) is 3. The molecule has 6 heteroatoms. The molecule has 0 aliphatic heterocycles. The number of rotatable bonds is 4. The summed E-state index contributed by atoms with van der Waals surface area (Å²) in [6.07, 6.45) is 3.09. The van der Waals surface area contributed by atoms with Gasteiger partial charge in [0.1, 0.15) is 12.7 Å². The van der Waals surface area contributed by atoms with Crippen molar-refractivity contribution in [3.8, 4) is 17.2 Å². The lowest BCUT2D eigenvalue weighted by atomic mass is 10.1. The first-order chi connectivity index (χ1) is 10.3. The van der Waals surface area contributed by atoms with E-state index in [2.05, 4.69) is 15.4 Å². The fourth-order valence-electron chi connectivity index (χ4n) is 2.07. The number of aromatic hydroxyl groups is 2. The van der Waals surface area contributed by atoms with Gasteiger partial charge >= 0.3 is 0 Å². The van der Waals surface area contributed by atoms with E-state index < -0.39 is 0 Å². The van der Waals surface area contributed by atoms with E-state index >= 15 is 0 Å². The SMILES string of the molecule is Oc1cccc(CNc2ccccc2-n2cncn2)c1O. The van der Waals surface area contributed by atoms with Crippen LogP contribution in [0.2, 0.25) is 0 Å². The van der Waals surface area contributed by atoms with Crippen LogP contribution in [0, 0.1) is 0 Å². The van der Waals surface area contributed by atoms with Crippen LogP contribution >= 0.6 is 0 Å². The van der Waals surface area contributed by atoms with E-state index in [4.69, 9.17) is 0 Å². The van der Waals surface area contributed by atoms with Crippen LogP contribution in [0.1, 0.15) is 5.56 Å². The van der Waals surface area contributed by atoms with Crippen LogP contribution in [0.15, 0.2) is 55.1 Å². The number of benzene rings is 2. The van der Waals surface area contributed by atoms with Crippen LogP contribution in [-0.4, -0.2) is 25.0 Å². The summed E-state index contributed by atoms with van der Waals surface area (Å²) < 4.78 is 1.66. The number of hydrogen-bond donors (Lipinski definition) is 3. The topological polar surface area (TPSA) is 83.2 Å². The molecule has 0 radical (unpaired) electrons. The van der Waals surface area contributed by atoms with Gasteiger partial charge in [-0.05, 0) is 18.2 Å². The molecule has 0 aliphatic rings. The highest BCUT2D eigenvalue weighted by atomic mass is 16.3. The predicted molar refractivity (Wildman–Crippen MR) is 78.5 cm³/mol. The molecule has 1 aromatic heterocycles. The maximum Gasteiger partial charge on any atom is 0.162 e. The second-order valence-corrected chi connectivity index (χ2v) is 4.50. The Kier molecular flexibility index (Phi) is 3.42. The minimum atomic E-state index is -0.126. The van der Waals surface area contributed by atoms with Gasteiger partial charge in [-0.2, -0.15) is 5.10 Å². The van der Waals surface area contributed by atoms with Crippen LogP contribution in [-0.2, 0) is 6.54 Å². The third kappa shape index (κ3) is 2.64. The van der Waals surface area contributed by atoms with Crippen molar-refractivity contribution in [1.82, 2.24) is 14.8 Å². The minimum absolute atomic E-state index is 0.108. The summed E-state index contributed by atoms with van der Waals surface area (Å²) >= 11 is 0. The molecule has 106 valence electrons. The Morgan fingerprint density at radius 2 is 1.90 bits per heavy atom. The number of aromatic nitrogens is 3. The van der Waals surface area contributed by atoms with E-state index in [1.807, 2.05) is 24.3 Å². The Labute approximate surface area is 121 Å². The molecule has 0 atom stereocenters. The van der Waals surface area contributed by atoms with E-state index in [0.29, 0.717) is 12.1 Å². The zero-order chi connectivity index (χ0) is 14.7. The lowest BCUT2D eigenvalue weighted by Gasteiger charge is -2.12. The van der Waals surface area contributed by atoms with Crippen LogP contribution < -0.4 is 5.32 Å².